The van der Waals surface area contributed by atoms with Gasteiger partial charge in [-0.05, 0) is 26.3 Å². The lowest BCUT2D eigenvalue weighted by molar-refractivity contribution is 0.0613. The van der Waals surface area contributed by atoms with E-state index in [0.29, 0.717) is 0 Å². The second kappa shape index (κ2) is 7.88. The molecule has 1 N–H and O–H groups in total. The van der Waals surface area contributed by atoms with Crippen LogP contribution in [0.4, 0.5) is 0 Å². The molecule has 1 aromatic heterocycles. The lowest BCUT2D eigenvalue weighted by Crippen LogP contribution is -2.42. The molecule has 2 atom stereocenters. The summed E-state index contributed by atoms with van der Waals surface area (Å²) < 4.78 is 7.36. The van der Waals surface area contributed by atoms with Gasteiger partial charge in [0.05, 0.1) is 11.8 Å². The highest BCUT2D eigenvalue weighted by atomic mass is 35.5. The highest BCUT2D eigenvalue weighted by Gasteiger charge is 2.23. The number of hydrogen-bond donors (Lipinski definition) is 1. The van der Waals surface area contributed by atoms with E-state index in [1.165, 1.54) is 0 Å². The summed E-state index contributed by atoms with van der Waals surface area (Å²) in [7, 11) is 3.66. The molecule has 4 nitrogen and oxygen atoms in total. The van der Waals surface area contributed by atoms with E-state index in [9.17, 15) is 0 Å². The summed E-state index contributed by atoms with van der Waals surface area (Å²) >= 11 is 6.32. The molecule has 1 heterocycles. The van der Waals surface area contributed by atoms with Crippen molar-refractivity contribution in [1.82, 2.24) is 15.1 Å². The zero-order valence-corrected chi connectivity index (χ0v) is 13.4. The van der Waals surface area contributed by atoms with Gasteiger partial charge in [-0.3, -0.25) is 4.68 Å². The van der Waals surface area contributed by atoms with Crippen molar-refractivity contribution in [3.05, 3.63) is 16.4 Å². The molecule has 1 rings (SSSR count). The van der Waals surface area contributed by atoms with Crippen molar-refractivity contribution in [2.24, 2.45) is 7.05 Å². The Bertz CT molecular complexity index is 392. The molecule has 0 radical (unpaired) electrons. The number of nitrogens with zero attached hydrogens (tertiary/aromatic N) is 2. The predicted molar refractivity (Wildman–Crippen MR) is 79.8 cm³/mol. The minimum atomic E-state index is 0.209. The molecule has 19 heavy (non-hydrogen) atoms. The van der Waals surface area contributed by atoms with E-state index in [1.807, 2.05) is 14.0 Å². The summed E-state index contributed by atoms with van der Waals surface area (Å²) in [5, 5.41) is 8.61. The van der Waals surface area contributed by atoms with Crippen LogP contribution in [0.1, 0.15) is 37.9 Å². The summed E-state index contributed by atoms with van der Waals surface area (Å²) in [5.74, 6) is 0. The van der Waals surface area contributed by atoms with Crippen LogP contribution < -0.4 is 5.32 Å². The SMILES string of the molecule is CCCC(OC)C(Cc1c(C)nn(C)c1Cl)NCC. The molecule has 0 aliphatic heterocycles. The molecule has 5 heteroatoms. The van der Waals surface area contributed by atoms with Crippen molar-refractivity contribution in [1.29, 1.82) is 0 Å². The van der Waals surface area contributed by atoms with Crippen LogP contribution in [-0.4, -0.2) is 35.6 Å². The standard InChI is InChI=1S/C14H26ClN3O/c1-6-8-13(19-5)12(16-7-2)9-11-10(3)17-18(4)14(11)15/h12-13,16H,6-9H2,1-5H3. The van der Waals surface area contributed by atoms with Crippen molar-refractivity contribution >= 4 is 11.6 Å². The molecule has 0 saturated carbocycles. The fraction of sp³-hybridized carbons (Fsp3) is 0.786. The maximum Gasteiger partial charge on any atom is 0.130 e. The van der Waals surface area contributed by atoms with Crippen LogP contribution in [-0.2, 0) is 18.2 Å². The highest BCUT2D eigenvalue weighted by molar-refractivity contribution is 6.30. The third-order valence-corrected chi connectivity index (χ3v) is 3.96. The molecule has 2 unspecified atom stereocenters. The normalized spacial score (nSPS) is 14.6. The molecule has 1 aromatic rings. The fourth-order valence-electron chi connectivity index (χ4n) is 2.49. The van der Waals surface area contributed by atoms with E-state index in [2.05, 4.69) is 24.3 Å². The fourth-order valence-corrected chi connectivity index (χ4v) is 2.74. The van der Waals surface area contributed by atoms with Crippen molar-refractivity contribution < 1.29 is 4.74 Å². The number of nitrogens with one attached hydrogen (secondary N) is 1. The Hall–Kier alpha value is -0.580. The first-order chi connectivity index (χ1) is 9.04. The zero-order valence-electron chi connectivity index (χ0n) is 12.7. The number of hydrogen-bond acceptors (Lipinski definition) is 3. The van der Waals surface area contributed by atoms with E-state index in [0.717, 1.165) is 42.2 Å². The van der Waals surface area contributed by atoms with Crippen molar-refractivity contribution in [2.45, 2.75) is 52.2 Å². The number of halogens is 1. The lowest BCUT2D eigenvalue weighted by Gasteiger charge is -2.26. The van der Waals surface area contributed by atoms with Crippen LogP contribution in [0.5, 0.6) is 0 Å². The maximum atomic E-state index is 6.32. The van der Waals surface area contributed by atoms with Gasteiger partial charge in [-0.15, -0.1) is 0 Å². The lowest BCUT2D eigenvalue weighted by atomic mass is 9.98. The van der Waals surface area contributed by atoms with E-state index < -0.39 is 0 Å². The number of methoxy groups -OCH3 is 1. The van der Waals surface area contributed by atoms with Gasteiger partial charge in [-0.2, -0.15) is 5.10 Å². The average molecular weight is 288 g/mol. The Morgan fingerprint density at radius 2 is 2.11 bits per heavy atom. The number of aryl methyl sites for hydroxylation is 2. The highest BCUT2D eigenvalue weighted by Crippen LogP contribution is 2.22. The summed E-state index contributed by atoms with van der Waals surface area (Å²) in [5.41, 5.74) is 2.12. The number of rotatable bonds is 8. The second-order valence-corrected chi connectivity index (χ2v) is 5.27. The van der Waals surface area contributed by atoms with Crippen LogP contribution in [0.15, 0.2) is 0 Å². The van der Waals surface area contributed by atoms with Gasteiger partial charge in [-0.1, -0.05) is 31.9 Å². The molecule has 0 aromatic carbocycles. The van der Waals surface area contributed by atoms with Gasteiger partial charge in [0.25, 0.3) is 0 Å². The van der Waals surface area contributed by atoms with Gasteiger partial charge < -0.3 is 10.1 Å². The van der Waals surface area contributed by atoms with Crippen molar-refractivity contribution in [3.8, 4) is 0 Å². The average Bonchev–Trinajstić information content (AvgIpc) is 2.62. The minimum absolute atomic E-state index is 0.209. The summed E-state index contributed by atoms with van der Waals surface area (Å²) in [6.07, 6.45) is 3.22. The van der Waals surface area contributed by atoms with Crippen LogP contribution in [0.2, 0.25) is 5.15 Å². The first-order valence-electron chi connectivity index (χ1n) is 6.99. The second-order valence-electron chi connectivity index (χ2n) is 4.91. The van der Waals surface area contributed by atoms with E-state index >= 15 is 0 Å². The first-order valence-corrected chi connectivity index (χ1v) is 7.37. The quantitative estimate of drug-likeness (QED) is 0.799. The number of likely N-dealkylation sites (N-methyl/N-ethyl adjacent to an activating group) is 1. The van der Waals surface area contributed by atoms with Crippen molar-refractivity contribution in [2.75, 3.05) is 13.7 Å². The molecule has 0 saturated heterocycles. The molecule has 0 fully saturated rings. The maximum absolute atomic E-state index is 6.32. The van der Waals surface area contributed by atoms with E-state index in [1.54, 1.807) is 11.8 Å². The summed E-state index contributed by atoms with van der Waals surface area (Å²) in [4.78, 5) is 0. The molecule has 110 valence electrons. The summed E-state index contributed by atoms with van der Waals surface area (Å²) in [6, 6.07) is 0.273. The van der Waals surface area contributed by atoms with Gasteiger partial charge in [0.2, 0.25) is 0 Å². The molecular formula is C14H26ClN3O. The van der Waals surface area contributed by atoms with Gasteiger partial charge in [-0.25, -0.2) is 0 Å². The Balaban J connectivity index is 2.88. The smallest absolute Gasteiger partial charge is 0.130 e. The van der Waals surface area contributed by atoms with E-state index in [4.69, 9.17) is 16.3 Å². The van der Waals surface area contributed by atoms with Gasteiger partial charge in [0, 0.05) is 25.8 Å². The van der Waals surface area contributed by atoms with Crippen LogP contribution >= 0.6 is 11.6 Å². The molecule has 0 aliphatic rings. The van der Waals surface area contributed by atoms with Gasteiger partial charge in [0.15, 0.2) is 0 Å². The Morgan fingerprint density at radius 1 is 1.42 bits per heavy atom. The van der Waals surface area contributed by atoms with Gasteiger partial charge in [0.1, 0.15) is 5.15 Å². The molecular weight excluding hydrogens is 262 g/mol. The molecule has 0 bridgehead atoms. The molecule has 0 spiro atoms. The third kappa shape index (κ3) is 4.20. The molecule has 0 aliphatic carbocycles. The number of aromatic nitrogens is 2. The minimum Gasteiger partial charge on any atom is -0.380 e. The van der Waals surface area contributed by atoms with Crippen LogP contribution in [0.25, 0.3) is 0 Å². The predicted octanol–water partition coefficient (Wildman–Crippen LogP) is 2.72. The monoisotopic (exact) mass is 287 g/mol. The van der Waals surface area contributed by atoms with Crippen LogP contribution in [0.3, 0.4) is 0 Å². The van der Waals surface area contributed by atoms with Crippen LogP contribution in [0, 0.1) is 6.92 Å². The Morgan fingerprint density at radius 3 is 2.53 bits per heavy atom. The first kappa shape index (κ1) is 16.5. The van der Waals surface area contributed by atoms with E-state index in [-0.39, 0.29) is 12.1 Å². The Kier molecular flexibility index (Phi) is 6.83. The third-order valence-electron chi connectivity index (χ3n) is 3.48. The summed E-state index contributed by atoms with van der Waals surface area (Å²) in [6.45, 7) is 7.22. The Labute approximate surface area is 121 Å². The number of ether oxygens (including phenoxy) is 1. The molecule has 0 amide bonds. The largest absolute Gasteiger partial charge is 0.380 e. The van der Waals surface area contributed by atoms with Gasteiger partial charge >= 0.3 is 0 Å². The topological polar surface area (TPSA) is 39.1 Å². The van der Waals surface area contributed by atoms with Crippen molar-refractivity contribution in [3.63, 3.8) is 0 Å². The zero-order chi connectivity index (χ0) is 14.4.